The van der Waals surface area contributed by atoms with Gasteiger partial charge in [-0.15, -0.1) is 22.0 Å². The number of halogens is 1. The Kier molecular flexibility index (Phi) is 6.07. The fourth-order valence-corrected chi connectivity index (χ4v) is 2.64. The highest BCUT2D eigenvalue weighted by Crippen LogP contribution is 2.19. The first-order valence-corrected chi connectivity index (χ1v) is 8.07. The lowest BCUT2D eigenvalue weighted by atomic mass is 10.4. The van der Waals surface area contributed by atoms with Crippen LogP contribution in [0.15, 0.2) is 35.5 Å². The smallest absolute Gasteiger partial charge is 0.230 e. The van der Waals surface area contributed by atoms with Gasteiger partial charge in [-0.2, -0.15) is 0 Å². The molecule has 112 valence electrons. The summed E-state index contributed by atoms with van der Waals surface area (Å²) < 4.78 is 1.97. The van der Waals surface area contributed by atoms with Gasteiger partial charge in [0.05, 0.1) is 5.75 Å². The number of thioether (sulfide) groups is 1. The normalized spacial score (nSPS) is 10.6. The fourth-order valence-electron chi connectivity index (χ4n) is 1.78. The molecule has 0 radical (unpaired) electrons. The molecule has 1 aromatic carbocycles. The van der Waals surface area contributed by atoms with Gasteiger partial charge in [-0.3, -0.25) is 4.79 Å². The van der Waals surface area contributed by atoms with E-state index in [-0.39, 0.29) is 5.91 Å². The number of aryl methyl sites for hydroxylation is 1. The van der Waals surface area contributed by atoms with Gasteiger partial charge in [0, 0.05) is 29.4 Å². The average molecular weight is 325 g/mol. The standard InChI is InChI=1S/C14H17ClN4OS/c1-2-19-10-17-18-13(19)7-8-16-14(20)9-21-12-5-3-11(15)4-6-12/h3-6,10H,2,7-9H2,1H3,(H,16,20). The van der Waals surface area contributed by atoms with Crippen molar-refractivity contribution in [2.45, 2.75) is 24.8 Å². The molecule has 0 bridgehead atoms. The minimum Gasteiger partial charge on any atom is -0.355 e. The van der Waals surface area contributed by atoms with Crippen molar-refractivity contribution in [3.63, 3.8) is 0 Å². The van der Waals surface area contributed by atoms with E-state index in [9.17, 15) is 4.79 Å². The van der Waals surface area contributed by atoms with E-state index in [0.29, 0.717) is 23.7 Å². The zero-order valence-electron chi connectivity index (χ0n) is 11.8. The molecular formula is C14H17ClN4OS. The molecule has 2 rings (SSSR count). The van der Waals surface area contributed by atoms with E-state index in [1.165, 1.54) is 11.8 Å². The molecule has 5 nitrogen and oxygen atoms in total. The SMILES string of the molecule is CCn1cnnc1CCNC(=O)CSc1ccc(Cl)cc1. The third-order valence-electron chi connectivity index (χ3n) is 2.89. The number of aromatic nitrogens is 3. The van der Waals surface area contributed by atoms with E-state index in [4.69, 9.17) is 11.6 Å². The molecule has 0 aliphatic heterocycles. The van der Waals surface area contributed by atoms with Gasteiger partial charge in [0.2, 0.25) is 5.91 Å². The van der Waals surface area contributed by atoms with Gasteiger partial charge in [0.15, 0.2) is 0 Å². The van der Waals surface area contributed by atoms with Crippen molar-refractivity contribution in [3.8, 4) is 0 Å². The maximum atomic E-state index is 11.8. The van der Waals surface area contributed by atoms with Crippen LogP contribution in [0.1, 0.15) is 12.7 Å². The van der Waals surface area contributed by atoms with Crippen LogP contribution in [-0.4, -0.2) is 33.0 Å². The van der Waals surface area contributed by atoms with Gasteiger partial charge in [-0.25, -0.2) is 0 Å². The van der Waals surface area contributed by atoms with Crippen LogP contribution in [0.3, 0.4) is 0 Å². The number of amides is 1. The molecule has 1 N–H and O–H groups in total. The zero-order valence-corrected chi connectivity index (χ0v) is 13.3. The third-order valence-corrected chi connectivity index (χ3v) is 4.15. The predicted octanol–water partition coefficient (Wildman–Crippen LogP) is 2.40. The number of benzene rings is 1. The van der Waals surface area contributed by atoms with Crippen LogP contribution in [0.25, 0.3) is 0 Å². The van der Waals surface area contributed by atoms with E-state index >= 15 is 0 Å². The molecule has 0 spiro atoms. The van der Waals surface area contributed by atoms with E-state index in [2.05, 4.69) is 15.5 Å². The van der Waals surface area contributed by atoms with Crippen molar-refractivity contribution in [2.24, 2.45) is 0 Å². The van der Waals surface area contributed by atoms with Crippen molar-refractivity contribution >= 4 is 29.3 Å². The van der Waals surface area contributed by atoms with Crippen molar-refractivity contribution in [1.29, 1.82) is 0 Å². The lowest BCUT2D eigenvalue weighted by molar-refractivity contribution is -0.118. The van der Waals surface area contributed by atoms with Gasteiger partial charge in [-0.05, 0) is 31.2 Å². The second-order valence-corrected chi connectivity index (χ2v) is 5.86. The number of rotatable bonds is 7. The Morgan fingerprint density at radius 3 is 2.86 bits per heavy atom. The minimum absolute atomic E-state index is 0.0116. The van der Waals surface area contributed by atoms with Crippen LogP contribution in [0, 0.1) is 0 Å². The number of nitrogens with one attached hydrogen (secondary N) is 1. The molecule has 1 aromatic heterocycles. The molecule has 0 unspecified atom stereocenters. The second-order valence-electron chi connectivity index (χ2n) is 4.38. The highest BCUT2D eigenvalue weighted by atomic mass is 35.5. The Hall–Kier alpha value is -1.53. The fraction of sp³-hybridized carbons (Fsp3) is 0.357. The maximum absolute atomic E-state index is 11.8. The van der Waals surface area contributed by atoms with Gasteiger partial charge >= 0.3 is 0 Å². The summed E-state index contributed by atoms with van der Waals surface area (Å²) >= 11 is 7.30. The number of carbonyl (C=O) groups is 1. The van der Waals surface area contributed by atoms with E-state index in [1.807, 2.05) is 35.8 Å². The first-order valence-electron chi connectivity index (χ1n) is 6.70. The molecule has 0 saturated carbocycles. The molecule has 21 heavy (non-hydrogen) atoms. The maximum Gasteiger partial charge on any atom is 0.230 e. The van der Waals surface area contributed by atoms with Crippen molar-refractivity contribution in [2.75, 3.05) is 12.3 Å². The number of nitrogens with zero attached hydrogens (tertiary/aromatic N) is 3. The summed E-state index contributed by atoms with van der Waals surface area (Å²) in [6.45, 7) is 3.44. The highest BCUT2D eigenvalue weighted by Gasteiger charge is 2.05. The molecule has 7 heteroatoms. The molecule has 0 saturated heterocycles. The molecule has 1 heterocycles. The molecule has 1 amide bonds. The topological polar surface area (TPSA) is 59.8 Å². The summed E-state index contributed by atoms with van der Waals surface area (Å²) in [5.41, 5.74) is 0. The Morgan fingerprint density at radius 1 is 1.38 bits per heavy atom. The first-order chi connectivity index (χ1) is 10.2. The lowest BCUT2D eigenvalue weighted by Crippen LogP contribution is -2.28. The highest BCUT2D eigenvalue weighted by molar-refractivity contribution is 8.00. The summed E-state index contributed by atoms with van der Waals surface area (Å²) in [6.07, 6.45) is 2.39. The summed E-state index contributed by atoms with van der Waals surface area (Å²) in [5, 5.41) is 11.5. The second kappa shape index (κ2) is 8.05. The van der Waals surface area contributed by atoms with E-state index in [0.717, 1.165) is 17.3 Å². The predicted molar refractivity (Wildman–Crippen MR) is 84.6 cm³/mol. The molecule has 0 aliphatic rings. The number of hydrogen-bond acceptors (Lipinski definition) is 4. The Bertz CT molecular complexity index is 585. The van der Waals surface area contributed by atoms with Gasteiger partial charge in [0.1, 0.15) is 12.2 Å². The molecular weight excluding hydrogens is 308 g/mol. The van der Waals surface area contributed by atoms with Crippen LogP contribution < -0.4 is 5.32 Å². The van der Waals surface area contributed by atoms with Gasteiger partial charge in [-0.1, -0.05) is 11.6 Å². The molecule has 0 atom stereocenters. The average Bonchev–Trinajstić information content (AvgIpc) is 2.94. The third kappa shape index (κ3) is 5.06. The minimum atomic E-state index is 0.0116. The quantitative estimate of drug-likeness (QED) is 0.795. The van der Waals surface area contributed by atoms with Crippen molar-refractivity contribution in [1.82, 2.24) is 20.1 Å². The van der Waals surface area contributed by atoms with Crippen molar-refractivity contribution in [3.05, 3.63) is 41.4 Å². The summed E-state index contributed by atoms with van der Waals surface area (Å²) in [5.74, 6) is 1.29. The Labute approximate surface area is 133 Å². The molecule has 0 aliphatic carbocycles. The van der Waals surface area contributed by atoms with Crippen LogP contribution in [0.2, 0.25) is 5.02 Å². The Balaban J connectivity index is 1.69. The summed E-state index contributed by atoms with van der Waals surface area (Å²) in [7, 11) is 0. The van der Waals surface area contributed by atoms with Crippen molar-refractivity contribution < 1.29 is 4.79 Å². The van der Waals surface area contributed by atoms with Crippen LogP contribution in [0.5, 0.6) is 0 Å². The lowest BCUT2D eigenvalue weighted by Gasteiger charge is -2.06. The first kappa shape index (κ1) is 15.9. The zero-order chi connectivity index (χ0) is 15.1. The van der Waals surface area contributed by atoms with Crippen LogP contribution in [-0.2, 0) is 17.8 Å². The van der Waals surface area contributed by atoms with E-state index < -0.39 is 0 Å². The summed E-state index contributed by atoms with van der Waals surface area (Å²) in [4.78, 5) is 12.8. The van der Waals surface area contributed by atoms with Crippen LogP contribution in [0.4, 0.5) is 0 Å². The number of hydrogen-bond donors (Lipinski definition) is 1. The van der Waals surface area contributed by atoms with Crippen LogP contribution >= 0.6 is 23.4 Å². The van der Waals surface area contributed by atoms with Gasteiger partial charge < -0.3 is 9.88 Å². The molecule has 2 aromatic rings. The molecule has 0 fully saturated rings. The largest absolute Gasteiger partial charge is 0.355 e. The van der Waals surface area contributed by atoms with Gasteiger partial charge in [0.25, 0.3) is 0 Å². The Morgan fingerprint density at radius 2 is 2.14 bits per heavy atom. The monoisotopic (exact) mass is 324 g/mol. The number of carbonyl (C=O) groups excluding carboxylic acids is 1. The summed E-state index contributed by atoms with van der Waals surface area (Å²) in [6, 6.07) is 7.45. The van der Waals surface area contributed by atoms with E-state index in [1.54, 1.807) is 6.33 Å².